The van der Waals surface area contributed by atoms with Gasteiger partial charge in [-0.05, 0) is 23.1 Å². The predicted octanol–water partition coefficient (Wildman–Crippen LogP) is 3.11. The van der Waals surface area contributed by atoms with Gasteiger partial charge in [0.25, 0.3) is 0 Å². The van der Waals surface area contributed by atoms with E-state index in [2.05, 4.69) is 20.8 Å². The lowest BCUT2D eigenvalue weighted by Gasteiger charge is -2.23. The quantitative estimate of drug-likeness (QED) is 0.859. The molecule has 4 nitrogen and oxygen atoms in total. The molecule has 0 saturated carbocycles. The molecule has 0 aromatic heterocycles. The van der Waals surface area contributed by atoms with E-state index in [1.807, 2.05) is 12.1 Å². The Bertz CT molecular complexity index is 421. The predicted molar refractivity (Wildman–Crippen MR) is 68.1 cm³/mol. The van der Waals surface area contributed by atoms with E-state index in [0.717, 1.165) is 10.5 Å². The summed E-state index contributed by atoms with van der Waals surface area (Å²) in [6, 6.07) is 5.61. The Balaban J connectivity index is 3.29. The monoisotopic (exact) mass is 237 g/mol. The van der Waals surface area contributed by atoms with Crippen LogP contribution in [0.3, 0.4) is 0 Å². The lowest BCUT2D eigenvalue weighted by atomic mass is 9.86. The minimum atomic E-state index is -1.01. The zero-order valence-electron chi connectivity index (χ0n) is 10.9. The summed E-state index contributed by atoms with van der Waals surface area (Å²) in [5.74, 6) is 0.558. The summed E-state index contributed by atoms with van der Waals surface area (Å²) in [4.78, 5) is 12.2. The molecule has 17 heavy (non-hydrogen) atoms. The molecular formula is C13H19NO3. The van der Waals surface area contributed by atoms with Crippen LogP contribution >= 0.6 is 0 Å². The van der Waals surface area contributed by atoms with Gasteiger partial charge >= 0.3 is 6.09 Å². The average molecular weight is 237 g/mol. The molecule has 1 N–H and O–H groups in total. The van der Waals surface area contributed by atoms with Crippen molar-refractivity contribution in [1.82, 2.24) is 0 Å². The summed E-state index contributed by atoms with van der Waals surface area (Å²) in [6.45, 7) is 6.25. The minimum Gasteiger partial charge on any atom is -0.495 e. The van der Waals surface area contributed by atoms with Crippen molar-refractivity contribution in [1.29, 1.82) is 0 Å². The van der Waals surface area contributed by atoms with E-state index in [9.17, 15) is 4.79 Å². The molecule has 0 spiro atoms. The van der Waals surface area contributed by atoms with Crippen LogP contribution in [0.25, 0.3) is 0 Å². The molecule has 0 aliphatic rings. The number of hydrogen-bond acceptors (Lipinski definition) is 2. The lowest BCUT2D eigenvalue weighted by molar-refractivity contribution is 0.203. The minimum absolute atomic E-state index is 0.0274. The molecule has 1 amide bonds. The summed E-state index contributed by atoms with van der Waals surface area (Å²) in [5, 5.41) is 9.02. The Hall–Kier alpha value is -1.71. The van der Waals surface area contributed by atoms with Crippen LogP contribution in [0.1, 0.15) is 26.3 Å². The first-order chi connectivity index (χ1) is 7.77. The van der Waals surface area contributed by atoms with Gasteiger partial charge in [0, 0.05) is 7.05 Å². The van der Waals surface area contributed by atoms with Crippen molar-refractivity contribution in [3.8, 4) is 5.75 Å². The third-order valence-corrected chi connectivity index (χ3v) is 2.69. The van der Waals surface area contributed by atoms with E-state index in [1.165, 1.54) is 14.2 Å². The number of carbonyl (C=O) groups is 1. The van der Waals surface area contributed by atoms with Crippen LogP contribution in [0, 0.1) is 0 Å². The van der Waals surface area contributed by atoms with Crippen LogP contribution in [0.4, 0.5) is 10.5 Å². The van der Waals surface area contributed by atoms with Crippen LogP contribution < -0.4 is 9.64 Å². The van der Waals surface area contributed by atoms with Crippen molar-refractivity contribution in [3.63, 3.8) is 0 Å². The summed E-state index contributed by atoms with van der Waals surface area (Å²) in [7, 11) is 3.04. The lowest BCUT2D eigenvalue weighted by Crippen LogP contribution is -2.25. The SMILES string of the molecule is COc1ccc(C(C)(C)C)cc1N(C)C(=O)O. The van der Waals surface area contributed by atoms with Crippen molar-refractivity contribution in [2.24, 2.45) is 0 Å². The maximum absolute atomic E-state index is 11.0. The van der Waals surface area contributed by atoms with Gasteiger partial charge < -0.3 is 9.84 Å². The number of carboxylic acid groups (broad SMARTS) is 1. The van der Waals surface area contributed by atoms with E-state index in [-0.39, 0.29) is 5.41 Å². The molecular weight excluding hydrogens is 218 g/mol. The first-order valence-corrected chi connectivity index (χ1v) is 5.42. The molecule has 1 aromatic carbocycles. The first-order valence-electron chi connectivity index (χ1n) is 5.42. The highest BCUT2D eigenvalue weighted by Gasteiger charge is 2.19. The third kappa shape index (κ3) is 2.90. The Morgan fingerprint density at radius 2 is 1.94 bits per heavy atom. The highest BCUT2D eigenvalue weighted by molar-refractivity contribution is 5.87. The molecule has 94 valence electrons. The first kappa shape index (κ1) is 13.4. The normalized spacial score (nSPS) is 11.1. The fraction of sp³-hybridized carbons (Fsp3) is 0.462. The molecule has 0 heterocycles. The van der Waals surface area contributed by atoms with Gasteiger partial charge in [-0.1, -0.05) is 26.8 Å². The number of hydrogen-bond donors (Lipinski definition) is 1. The number of ether oxygens (including phenoxy) is 1. The van der Waals surface area contributed by atoms with E-state index >= 15 is 0 Å². The molecule has 0 bridgehead atoms. The summed E-state index contributed by atoms with van der Waals surface area (Å²) in [5.41, 5.74) is 1.61. The number of anilines is 1. The third-order valence-electron chi connectivity index (χ3n) is 2.69. The number of methoxy groups -OCH3 is 1. The topological polar surface area (TPSA) is 49.8 Å². The Labute approximate surface area is 102 Å². The van der Waals surface area contributed by atoms with E-state index in [0.29, 0.717) is 11.4 Å². The smallest absolute Gasteiger partial charge is 0.411 e. The molecule has 0 unspecified atom stereocenters. The average Bonchev–Trinajstić information content (AvgIpc) is 2.25. The summed E-state index contributed by atoms with van der Waals surface area (Å²) >= 11 is 0. The zero-order valence-corrected chi connectivity index (χ0v) is 10.9. The molecule has 4 heteroatoms. The van der Waals surface area contributed by atoms with Crippen molar-refractivity contribution >= 4 is 11.8 Å². The molecule has 1 rings (SSSR count). The van der Waals surface area contributed by atoms with Crippen molar-refractivity contribution in [3.05, 3.63) is 23.8 Å². The zero-order chi connectivity index (χ0) is 13.2. The van der Waals surface area contributed by atoms with Gasteiger partial charge in [-0.25, -0.2) is 4.79 Å². The van der Waals surface area contributed by atoms with Crippen molar-refractivity contribution in [2.45, 2.75) is 26.2 Å². The van der Waals surface area contributed by atoms with E-state index < -0.39 is 6.09 Å². The van der Waals surface area contributed by atoms with Gasteiger partial charge in [-0.15, -0.1) is 0 Å². The van der Waals surface area contributed by atoms with Crippen LogP contribution in [0.15, 0.2) is 18.2 Å². The van der Waals surface area contributed by atoms with Gasteiger partial charge in [0.2, 0.25) is 0 Å². The second kappa shape index (κ2) is 4.65. The van der Waals surface area contributed by atoms with E-state index in [1.54, 1.807) is 6.07 Å². The van der Waals surface area contributed by atoms with Gasteiger partial charge in [-0.3, -0.25) is 4.90 Å². The number of benzene rings is 1. The highest BCUT2D eigenvalue weighted by Crippen LogP contribution is 2.33. The van der Waals surface area contributed by atoms with Crippen LogP contribution in [-0.4, -0.2) is 25.4 Å². The largest absolute Gasteiger partial charge is 0.495 e. The van der Waals surface area contributed by atoms with Crippen LogP contribution in [0.2, 0.25) is 0 Å². The second-order valence-electron chi connectivity index (χ2n) is 4.98. The molecule has 0 aliphatic carbocycles. The molecule has 0 radical (unpaired) electrons. The standard InChI is InChI=1S/C13H19NO3/c1-13(2,3)9-6-7-11(17-5)10(8-9)14(4)12(15)16/h6-8H,1-5H3,(H,15,16). The number of rotatable bonds is 2. The Morgan fingerprint density at radius 3 is 2.35 bits per heavy atom. The van der Waals surface area contributed by atoms with E-state index in [4.69, 9.17) is 9.84 Å². The molecule has 0 saturated heterocycles. The highest BCUT2D eigenvalue weighted by atomic mass is 16.5. The summed E-state index contributed by atoms with van der Waals surface area (Å²) in [6.07, 6.45) is -1.01. The Morgan fingerprint density at radius 1 is 1.35 bits per heavy atom. The second-order valence-corrected chi connectivity index (χ2v) is 4.98. The molecule has 0 aliphatic heterocycles. The molecule has 0 fully saturated rings. The van der Waals surface area contributed by atoms with Crippen LogP contribution in [0.5, 0.6) is 5.75 Å². The number of amides is 1. The van der Waals surface area contributed by atoms with Crippen molar-refractivity contribution in [2.75, 3.05) is 19.1 Å². The van der Waals surface area contributed by atoms with Crippen molar-refractivity contribution < 1.29 is 14.6 Å². The van der Waals surface area contributed by atoms with Crippen LogP contribution in [-0.2, 0) is 5.41 Å². The maximum Gasteiger partial charge on any atom is 0.411 e. The Kier molecular flexibility index (Phi) is 3.66. The number of nitrogens with zero attached hydrogens (tertiary/aromatic N) is 1. The summed E-state index contributed by atoms with van der Waals surface area (Å²) < 4.78 is 5.18. The van der Waals surface area contributed by atoms with Gasteiger partial charge in [-0.2, -0.15) is 0 Å². The molecule has 0 atom stereocenters. The maximum atomic E-state index is 11.0. The fourth-order valence-corrected chi connectivity index (χ4v) is 1.52. The van der Waals surface area contributed by atoms with Gasteiger partial charge in [0.15, 0.2) is 0 Å². The fourth-order valence-electron chi connectivity index (χ4n) is 1.52. The van der Waals surface area contributed by atoms with Gasteiger partial charge in [0.05, 0.1) is 12.8 Å². The van der Waals surface area contributed by atoms with Gasteiger partial charge in [0.1, 0.15) is 5.75 Å². The molecule has 1 aromatic rings.